The minimum Gasteiger partial charge on any atom is -0.467 e. The first-order valence-electron chi connectivity index (χ1n) is 9.44. The van der Waals surface area contributed by atoms with Gasteiger partial charge < -0.3 is 39.5 Å². The summed E-state index contributed by atoms with van der Waals surface area (Å²) < 4.78 is 17.0. The summed E-state index contributed by atoms with van der Waals surface area (Å²) >= 11 is 0. The number of aromatic nitrogens is 3. The lowest BCUT2D eigenvalue weighted by Crippen LogP contribution is -2.59. The van der Waals surface area contributed by atoms with Crippen LogP contribution in [0.3, 0.4) is 0 Å². The lowest BCUT2D eigenvalue weighted by Gasteiger charge is -2.39. The zero-order valence-electron chi connectivity index (χ0n) is 16.6. The molecule has 3 heterocycles. The second kappa shape index (κ2) is 9.32. The van der Waals surface area contributed by atoms with Crippen molar-refractivity contribution in [2.75, 3.05) is 20.3 Å². The number of amides is 1. The maximum absolute atomic E-state index is 11.9. The zero-order chi connectivity index (χ0) is 22.0. The number of hydrogen-bond donors (Lipinski definition) is 4. The Morgan fingerprint density at radius 3 is 2.63 bits per heavy atom. The molecule has 0 spiro atoms. The van der Waals surface area contributed by atoms with Crippen molar-refractivity contribution in [3.05, 3.63) is 11.9 Å². The van der Waals surface area contributed by atoms with Crippen LogP contribution in [0.4, 0.5) is 0 Å². The number of likely N-dealkylation sites (tertiary alicyclic amines) is 1. The van der Waals surface area contributed by atoms with E-state index in [0.717, 1.165) is 0 Å². The van der Waals surface area contributed by atoms with Crippen molar-refractivity contribution in [1.82, 2.24) is 19.9 Å². The molecule has 4 N–H and O–H groups in total. The summed E-state index contributed by atoms with van der Waals surface area (Å²) in [7, 11) is 1.26. The molecule has 0 saturated carbocycles. The van der Waals surface area contributed by atoms with Crippen LogP contribution < -0.4 is 0 Å². The first-order chi connectivity index (χ1) is 14.3. The molecular weight excluding hydrogens is 404 g/mol. The molecule has 0 aliphatic carbocycles. The van der Waals surface area contributed by atoms with Crippen molar-refractivity contribution in [2.45, 2.75) is 62.7 Å². The third-order valence-corrected chi connectivity index (χ3v) is 5.33. The lowest BCUT2D eigenvalue weighted by molar-refractivity contribution is -0.304. The van der Waals surface area contributed by atoms with Crippen LogP contribution in [-0.4, -0.2) is 109 Å². The molecule has 2 saturated heterocycles. The monoisotopic (exact) mass is 430 g/mol. The average molecular weight is 430 g/mol. The van der Waals surface area contributed by atoms with Gasteiger partial charge in [-0.25, -0.2) is 9.48 Å². The van der Waals surface area contributed by atoms with Crippen LogP contribution in [0.25, 0.3) is 0 Å². The Morgan fingerprint density at radius 1 is 1.27 bits per heavy atom. The highest BCUT2D eigenvalue weighted by molar-refractivity contribution is 5.84. The highest BCUT2D eigenvalue weighted by Gasteiger charge is 2.44. The van der Waals surface area contributed by atoms with Gasteiger partial charge in [-0.05, 0) is 0 Å². The van der Waals surface area contributed by atoms with Gasteiger partial charge in [0.2, 0.25) is 5.91 Å². The van der Waals surface area contributed by atoms with E-state index >= 15 is 0 Å². The van der Waals surface area contributed by atoms with Gasteiger partial charge in [0.25, 0.3) is 0 Å². The number of ether oxygens (including phenoxy) is 3. The van der Waals surface area contributed by atoms with Crippen LogP contribution in [0.1, 0.15) is 25.1 Å². The van der Waals surface area contributed by atoms with E-state index in [9.17, 15) is 30.0 Å². The van der Waals surface area contributed by atoms with Crippen LogP contribution in [0.15, 0.2) is 6.20 Å². The number of aliphatic hydroxyl groups is 4. The zero-order valence-corrected chi connectivity index (χ0v) is 16.6. The Labute approximate surface area is 171 Å². The molecule has 13 heteroatoms. The number of rotatable bonds is 6. The summed E-state index contributed by atoms with van der Waals surface area (Å²) in [6, 6.07) is -0.984. The summed E-state index contributed by atoms with van der Waals surface area (Å²) in [5.41, 5.74) is 0.378. The maximum Gasteiger partial charge on any atom is 0.328 e. The van der Waals surface area contributed by atoms with Crippen molar-refractivity contribution < 1.29 is 44.2 Å². The van der Waals surface area contributed by atoms with Crippen molar-refractivity contribution in [3.63, 3.8) is 0 Å². The molecule has 2 fully saturated rings. The Hall–Kier alpha value is -2.16. The molecule has 0 bridgehead atoms. The quantitative estimate of drug-likeness (QED) is 0.337. The minimum absolute atomic E-state index is 0.133. The van der Waals surface area contributed by atoms with Crippen LogP contribution >= 0.6 is 0 Å². The molecule has 0 aromatic carbocycles. The predicted octanol–water partition coefficient (Wildman–Crippen LogP) is -3.07. The molecule has 7 atom stereocenters. The van der Waals surface area contributed by atoms with Crippen LogP contribution in [-0.2, 0) is 30.4 Å². The number of esters is 1. The van der Waals surface area contributed by atoms with Gasteiger partial charge in [-0.3, -0.25) is 4.79 Å². The van der Waals surface area contributed by atoms with Crippen LogP contribution in [0.2, 0.25) is 0 Å². The van der Waals surface area contributed by atoms with Gasteiger partial charge in [0, 0.05) is 19.9 Å². The SMILES string of the molecule is COC(=O)[C@@H]1C[C@@H](n2cc(CO[C@@H]3O[C@H](CO)[C@@H](O)[C@H](O)[C@H]3O)nn2)CN1C(C)=O. The first kappa shape index (κ1) is 22.5. The van der Waals surface area contributed by atoms with Crippen molar-refractivity contribution in [1.29, 1.82) is 0 Å². The Balaban J connectivity index is 1.61. The maximum atomic E-state index is 11.9. The molecule has 3 rings (SSSR count). The molecular formula is C17H26N4O9. The van der Waals surface area contributed by atoms with Crippen molar-refractivity contribution in [2.24, 2.45) is 0 Å². The van der Waals surface area contributed by atoms with Gasteiger partial charge in [-0.2, -0.15) is 0 Å². The number of nitrogens with zero attached hydrogens (tertiary/aromatic N) is 4. The van der Waals surface area contributed by atoms with Gasteiger partial charge in [-0.15, -0.1) is 5.10 Å². The minimum atomic E-state index is -1.54. The number of carbonyl (C=O) groups excluding carboxylic acids is 2. The number of methoxy groups -OCH3 is 1. The van der Waals surface area contributed by atoms with Crippen LogP contribution in [0, 0.1) is 0 Å². The smallest absolute Gasteiger partial charge is 0.328 e. The van der Waals surface area contributed by atoms with Gasteiger partial charge in [0.05, 0.1) is 32.6 Å². The summed E-state index contributed by atoms with van der Waals surface area (Å²) in [5.74, 6) is -0.752. The number of aliphatic hydroxyl groups excluding tert-OH is 4. The van der Waals surface area contributed by atoms with E-state index in [1.54, 1.807) is 6.20 Å². The fourth-order valence-corrected chi connectivity index (χ4v) is 3.64. The predicted molar refractivity (Wildman–Crippen MR) is 95.4 cm³/mol. The Bertz CT molecular complexity index is 757. The average Bonchev–Trinajstić information content (AvgIpc) is 3.38. The molecule has 0 radical (unpaired) electrons. The standard InChI is InChI=1S/C17H26N4O9/c1-8(23)20-5-10(3-11(20)16(27)28-2)21-4-9(18-19-21)7-29-17-15(26)14(25)13(24)12(6-22)30-17/h4,10-15,17,22,24-26H,3,5-7H2,1-2H3/t10-,11+,12-,13-,14+,15-,17-/m1/s1. The lowest BCUT2D eigenvalue weighted by atomic mass is 9.99. The summed E-state index contributed by atoms with van der Waals surface area (Å²) in [5, 5.41) is 46.8. The normalized spacial score (nSPS) is 34.2. The van der Waals surface area contributed by atoms with Gasteiger partial charge in [0.15, 0.2) is 6.29 Å². The third-order valence-electron chi connectivity index (χ3n) is 5.33. The van der Waals surface area contributed by atoms with E-state index in [-0.39, 0.29) is 25.1 Å². The Morgan fingerprint density at radius 2 is 2.00 bits per heavy atom. The molecule has 13 nitrogen and oxygen atoms in total. The topological polar surface area (TPSA) is 177 Å². The van der Waals surface area contributed by atoms with Gasteiger partial charge in [-0.1, -0.05) is 5.21 Å². The third kappa shape index (κ3) is 4.45. The summed E-state index contributed by atoms with van der Waals surface area (Å²) in [6.45, 7) is 0.952. The molecule has 2 aliphatic rings. The molecule has 30 heavy (non-hydrogen) atoms. The van der Waals surface area contributed by atoms with E-state index in [4.69, 9.17) is 14.2 Å². The first-order valence-corrected chi connectivity index (χ1v) is 9.44. The number of hydrogen-bond acceptors (Lipinski definition) is 11. The van der Waals surface area contributed by atoms with E-state index < -0.39 is 49.3 Å². The van der Waals surface area contributed by atoms with E-state index in [1.807, 2.05) is 0 Å². The second-order valence-electron chi connectivity index (χ2n) is 7.30. The van der Waals surface area contributed by atoms with E-state index in [1.165, 1.54) is 23.6 Å². The highest BCUT2D eigenvalue weighted by Crippen LogP contribution is 2.28. The fraction of sp³-hybridized carbons (Fsp3) is 0.765. The Kier molecular flexibility index (Phi) is 7.00. The van der Waals surface area contributed by atoms with Gasteiger partial charge >= 0.3 is 5.97 Å². The van der Waals surface area contributed by atoms with Gasteiger partial charge in [0.1, 0.15) is 36.2 Å². The highest BCUT2D eigenvalue weighted by atomic mass is 16.7. The van der Waals surface area contributed by atoms with E-state index in [0.29, 0.717) is 12.1 Å². The second-order valence-corrected chi connectivity index (χ2v) is 7.30. The van der Waals surface area contributed by atoms with Crippen molar-refractivity contribution in [3.8, 4) is 0 Å². The van der Waals surface area contributed by atoms with Crippen LogP contribution in [0.5, 0.6) is 0 Å². The molecule has 2 aliphatic heterocycles. The molecule has 168 valence electrons. The molecule has 0 unspecified atom stereocenters. The summed E-state index contributed by atoms with van der Waals surface area (Å²) in [6.07, 6.45) is -4.99. The molecule has 1 aromatic heterocycles. The van der Waals surface area contributed by atoms with E-state index in [2.05, 4.69) is 10.3 Å². The largest absolute Gasteiger partial charge is 0.467 e. The molecule has 1 aromatic rings. The van der Waals surface area contributed by atoms with Crippen molar-refractivity contribution >= 4 is 11.9 Å². The summed E-state index contributed by atoms with van der Waals surface area (Å²) in [4.78, 5) is 25.2. The fourth-order valence-electron chi connectivity index (χ4n) is 3.64. The molecule has 1 amide bonds. The number of carbonyl (C=O) groups is 2.